The van der Waals surface area contributed by atoms with Crippen LogP contribution in [-0.2, 0) is 14.3 Å². The van der Waals surface area contributed by atoms with Crippen LogP contribution in [0.25, 0.3) is 0 Å². The Hall–Kier alpha value is -0.650. The Labute approximate surface area is 162 Å². The third-order valence-corrected chi connectivity index (χ3v) is 9.34. The van der Waals surface area contributed by atoms with Crippen molar-refractivity contribution in [2.45, 2.75) is 70.8 Å². The lowest BCUT2D eigenvalue weighted by atomic mass is 9.44. The molecule has 3 unspecified atom stereocenters. The van der Waals surface area contributed by atoms with Gasteiger partial charge in [-0.2, -0.15) is 0 Å². The third-order valence-electron chi connectivity index (χ3n) is 9.34. The van der Waals surface area contributed by atoms with E-state index in [0.29, 0.717) is 36.1 Å². The number of carbonyl (C=O) groups is 1. The van der Waals surface area contributed by atoms with Crippen LogP contribution in [0.15, 0.2) is 0 Å². The van der Waals surface area contributed by atoms with Gasteiger partial charge in [0.1, 0.15) is 6.79 Å². The van der Waals surface area contributed by atoms with Gasteiger partial charge in [-0.3, -0.25) is 4.79 Å². The molecular weight excluding hydrogens is 344 g/mol. The van der Waals surface area contributed by atoms with Crippen molar-refractivity contribution in [3.8, 4) is 0 Å². The number of hydrogen-bond donors (Lipinski definition) is 2. The van der Waals surface area contributed by atoms with Gasteiger partial charge in [0.2, 0.25) is 0 Å². The summed E-state index contributed by atoms with van der Waals surface area (Å²) in [4.78, 5) is 12.4. The largest absolute Gasteiger partial charge is 0.481 e. The summed E-state index contributed by atoms with van der Waals surface area (Å²) in [5, 5.41) is 20.0. The fraction of sp³-hybridized carbons (Fsp3) is 0.955. The zero-order chi connectivity index (χ0) is 19.2. The molecule has 0 heterocycles. The van der Waals surface area contributed by atoms with Crippen molar-refractivity contribution in [3.63, 3.8) is 0 Å². The van der Waals surface area contributed by atoms with Crippen molar-refractivity contribution in [3.05, 3.63) is 0 Å². The maximum absolute atomic E-state index is 12.4. The fourth-order valence-corrected chi connectivity index (χ4v) is 8.01. The van der Waals surface area contributed by atoms with E-state index < -0.39 is 11.4 Å². The van der Waals surface area contributed by atoms with Crippen molar-refractivity contribution >= 4 is 5.97 Å². The molecule has 27 heavy (non-hydrogen) atoms. The molecule has 4 rings (SSSR count). The molecule has 0 aromatic carbocycles. The number of methoxy groups -OCH3 is 1. The Kier molecular flexibility index (Phi) is 5.32. The van der Waals surface area contributed by atoms with Crippen LogP contribution in [0.3, 0.4) is 0 Å². The number of hydrogen-bond acceptors (Lipinski definition) is 4. The molecule has 0 bridgehead atoms. The Morgan fingerprint density at radius 1 is 1.07 bits per heavy atom. The van der Waals surface area contributed by atoms with Crippen LogP contribution >= 0.6 is 0 Å². The molecule has 4 saturated carbocycles. The van der Waals surface area contributed by atoms with E-state index in [4.69, 9.17) is 9.47 Å². The van der Waals surface area contributed by atoms with Crippen molar-refractivity contribution in [2.24, 2.45) is 40.4 Å². The number of ether oxygens (including phenoxy) is 2. The first kappa shape index (κ1) is 19.7. The van der Waals surface area contributed by atoms with E-state index in [1.807, 2.05) is 0 Å². The molecular formula is C22H36O5. The minimum atomic E-state index is -0.669. The molecule has 0 aliphatic heterocycles. The van der Waals surface area contributed by atoms with Crippen molar-refractivity contribution in [2.75, 3.05) is 20.5 Å². The van der Waals surface area contributed by atoms with Gasteiger partial charge < -0.3 is 19.7 Å². The predicted octanol–water partition coefficient (Wildman–Crippen LogP) is 3.69. The summed E-state index contributed by atoms with van der Waals surface area (Å²) in [6.07, 6.45) is 9.69. The van der Waals surface area contributed by atoms with Crippen molar-refractivity contribution < 1.29 is 24.5 Å². The molecule has 0 spiro atoms. The van der Waals surface area contributed by atoms with E-state index in [9.17, 15) is 15.0 Å². The average molecular weight is 381 g/mol. The number of carboxylic acids is 1. The Balaban J connectivity index is 1.55. The molecule has 0 aromatic rings. The summed E-state index contributed by atoms with van der Waals surface area (Å²) < 4.78 is 11.0. The van der Waals surface area contributed by atoms with Gasteiger partial charge in [-0.1, -0.05) is 6.92 Å². The molecule has 4 aliphatic carbocycles. The molecule has 0 aromatic heterocycles. The first-order valence-electron chi connectivity index (χ1n) is 10.9. The molecule has 5 heteroatoms. The highest BCUT2D eigenvalue weighted by molar-refractivity contribution is 5.76. The Morgan fingerprint density at radius 2 is 1.89 bits per heavy atom. The monoisotopic (exact) mass is 380 g/mol. The topological polar surface area (TPSA) is 76.0 Å². The molecule has 2 N–H and O–H groups in total. The lowest BCUT2D eigenvalue weighted by Gasteiger charge is -2.60. The van der Waals surface area contributed by atoms with Gasteiger partial charge >= 0.3 is 5.97 Å². The highest BCUT2D eigenvalue weighted by Crippen LogP contribution is 2.67. The van der Waals surface area contributed by atoms with Gasteiger partial charge in [-0.15, -0.1) is 0 Å². The zero-order valence-electron chi connectivity index (χ0n) is 16.9. The molecule has 154 valence electrons. The van der Waals surface area contributed by atoms with Crippen LogP contribution in [0.2, 0.25) is 0 Å². The normalized spacial score (nSPS) is 49.1. The van der Waals surface area contributed by atoms with E-state index in [0.717, 1.165) is 44.9 Å². The summed E-state index contributed by atoms with van der Waals surface area (Å²) in [7, 11) is 1.68. The summed E-state index contributed by atoms with van der Waals surface area (Å²) in [5.41, 5.74) is -0.351. The molecule has 0 amide bonds. The highest BCUT2D eigenvalue weighted by atomic mass is 16.7. The van der Waals surface area contributed by atoms with E-state index in [1.54, 1.807) is 7.11 Å². The van der Waals surface area contributed by atoms with Crippen LogP contribution in [0.5, 0.6) is 0 Å². The van der Waals surface area contributed by atoms with Crippen LogP contribution < -0.4 is 0 Å². The maximum atomic E-state index is 12.4. The van der Waals surface area contributed by atoms with Gasteiger partial charge in [-0.25, -0.2) is 0 Å². The van der Waals surface area contributed by atoms with E-state index in [2.05, 4.69) is 6.92 Å². The molecule has 8 atom stereocenters. The van der Waals surface area contributed by atoms with Gasteiger partial charge in [0.15, 0.2) is 0 Å². The Morgan fingerprint density at radius 3 is 2.59 bits per heavy atom. The number of aliphatic hydroxyl groups is 1. The summed E-state index contributed by atoms with van der Waals surface area (Å²) in [5.74, 6) is 1.39. The molecule has 5 nitrogen and oxygen atoms in total. The first-order chi connectivity index (χ1) is 13.0. The predicted molar refractivity (Wildman–Crippen MR) is 101 cm³/mol. The number of rotatable bonds is 5. The van der Waals surface area contributed by atoms with Gasteiger partial charge in [-0.05, 0) is 92.8 Å². The second kappa shape index (κ2) is 7.31. The van der Waals surface area contributed by atoms with Crippen molar-refractivity contribution in [1.82, 2.24) is 0 Å². The molecule has 0 saturated heterocycles. The van der Waals surface area contributed by atoms with E-state index >= 15 is 0 Å². The van der Waals surface area contributed by atoms with E-state index in [-0.39, 0.29) is 18.4 Å². The van der Waals surface area contributed by atoms with Crippen LogP contribution in [0.4, 0.5) is 0 Å². The molecule has 0 radical (unpaired) electrons. The smallest absolute Gasteiger partial charge is 0.310 e. The fourth-order valence-electron chi connectivity index (χ4n) is 8.01. The van der Waals surface area contributed by atoms with Crippen LogP contribution in [-0.4, -0.2) is 42.8 Å². The van der Waals surface area contributed by atoms with Gasteiger partial charge in [0, 0.05) is 13.7 Å². The number of aliphatic carboxylic acids is 1. The summed E-state index contributed by atoms with van der Waals surface area (Å²) in [6, 6.07) is 0. The SMILES string of the molecule is COCOC1CC[C@@]2(C)C(CC[C@@H]3[C@H]2CC[C@@]2(C(=O)O)C(CO)CC[C@@H]32)C1. The zero-order valence-corrected chi connectivity index (χ0v) is 16.9. The standard InChI is InChI=1S/C22H36O5/c1-21-9-7-16(27-13-26-2)11-14(21)3-5-17-18(21)8-10-22(20(24)25)15(12-23)4-6-19(17)22/h14-19,23H,3-13H2,1-2H3,(H,24,25)/t14?,15?,16?,17-,18-,19+,21+,22-/m1/s1. The molecule has 4 aliphatic rings. The average Bonchev–Trinajstić information content (AvgIpc) is 3.06. The summed E-state index contributed by atoms with van der Waals surface area (Å²) in [6.45, 7) is 2.89. The second-order valence-electron chi connectivity index (χ2n) is 9.97. The highest BCUT2D eigenvalue weighted by Gasteiger charge is 2.64. The number of fused-ring (bicyclic) bond motifs is 5. The van der Waals surface area contributed by atoms with Gasteiger partial charge in [0.25, 0.3) is 0 Å². The number of aliphatic hydroxyl groups excluding tert-OH is 1. The quantitative estimate of drug-likeness (QED) is 0.712. The molecule has 4 fully saturated rings. The number of carboxylic acid groups (broad SMARTS) is 1. The van der Waals surface area contributed by atoms with Crippen LogP contribution in [0.1, 0.15) is 64.7 Å². The minimum absolute atomic E-state index is 0.0264. The lowest BCUT2D eigenvalue weighted by Crippen LogP contribution is -2.56. The minimum Gasteiger partial charge on any atom is -0.481 e. The van der Waals surface area contributed by atoms with Crippen molar-refractivity contribution in [1.29, 1.82) is 0 Å². The maximum Gasteiger partial charge on any atom is 0.310 e. The second-order valence-corrected chi connectivity index (χ2v) is 9.97. The van der Waals surface area contributed by atoms with E-state index in [1.165, 1.54) is 12.8 Å². The Bertz CT molecular complexity index is 565. The third kappa shape index (κ3) is 2.87. The first-order valence-corrected chi connectivity index (χ1v) is 10.9. The lowest BCUT2D eigenvalue weighted by molar-refractivity contribution is -0.178. The van der Waals surface area contributed by atoms with Gasteiger partial charge in [0.05, 0.1) is 11.5 Å². The van der Waals surface area contributed by atoms with Crippen LogP contribution in [0, 0.1) is 40.4 Å². The summed E-state index contributed by atoms with van der Waals surface area (Å²) >= 11 is 0.